The van der Waals surface area contributed by atoms with Gasteiger partial charge in [0.25, 0.3) is 0 Å². The molecule has 0 aromatic heterocycles. The molecule has 0 aliphatic carbocycles. The molecule has 1 N–H and O–H groups in total. The van der Waals surface area contributed by atoms with Gasteiger partial charge in [-0.05, 0) is 35.8 Å². The van der Waals surface area contributed by atoms with E-state index in [1.165, 1.54) is 6.08 Å². The molecule has 0 fully saturated rings. The van der Waals surface area contributed by atoms with Gasteiger partial charge in [-0.3, -0.25) is 0 Å². The molecule has 9 heteroatoms. The monoisotopic (exact) mass is 439 g/mol. The van der Waals surface area contributed by atoms with Crippen molar-refractivity contribution in [2.75, 3.05) is 13.3 Å². The fourth-order valence-electron chi connectivity index (χ4n) is 2.40. The standard InChI is InChI=1S/C21H20ClNO6.Na/c22-17-9-7-16(8-10-17)18(20(25)26)12-13-23-21(27)29-14-28-19(24)11-6-15-4-2-1-3-5-15;/h1-11,18H,12-14H2,(H,23,27)(H,25,26);/q;+1/p-1. The molecule has 1 atom stereocenters. The number of esters is 1. The van der Waals surface area contributed by atoms with Crippen molar-refractivity contribution in [1.29, 1.82) is 0 Å². The minimum Gasteiger partial charge on any atom is -0.549 e. The van der Waals surface area contributed by atoms with Gasteiger partial charge in [0.1, 0.15) is 0 Å². The zero-order chi connectivity index (χ0) is 21.1. The average Bonchev–Trinajstić information content (AvgIpc) is 2.71. The van der Waals surface area contributed by atoms with E-state index in [4.69, 9.17) is 21.1 Å². The molecular formula is C21H19ClNNaO6. The van der Waals surface area contributed by atoms with Gasteiger partial charge in [0.2, 0.25) is 6.79 Å². The molecule has 0 aliphatic rings. The summed E-state index contributed by atoms with van der Waals surface area (Å²) in [6.45, 7) is -0.535. The maximum Gasteiger partial charge on any atom is 1.00 e. The second kappa shape index (κ2) is 13.8. The van der Waals surface area contributed by atoms with Crippen molar-refractivity contribution in [1.82, 2.24) is 5.32 Å². The summed E-state index contributed by atoms with van der Waals surface area (Å²) >= 11 is 5.79. The van der Waals surface area contributed by atoms with E-state index in [9.17, 15) is 19.5 Å². The van der Waals surface area contributed by atoms with E-state index < -0.39 is 30.7 Å². The first kappa shape index (κ1) is 25.7. The van der Waals surface area contributed by atoms with Gasteiger partial charge in [0.15, 0.2) is 0 Å². The number of carbonyl (C=O) groups is 3. The van der Waals surface area contributed by atoms with Crippen LogP contribution in [0, 0.1) is 0 Å². The molecule has 0 saturated heterocycles. The zero-order valence-corrected chi connectivity index (χ0v) is 19.1. The van der Waals surface area contributed by atoms with E-state index in [0.717, 1.165) is 5.56 Å². The minimum atomic E-state index is -1.26. The maximum atomic E-state index is 11.6. The summed E-state index contributed by atoms with van der Waals surface area (Å²) in [7, 11) is 0. The summed E-state index contributed by atoms with van der Waals surface area (Å²) in [5, 5.41) is 14.2. The maximum absolute atomic E-state index is 11.6. The van der Waals surface area contributed by atoms with Crippen LogP contribution in [-0.2, 0) is 19.1 Å². The van der Waals surface area contributed by atoms with E-state index in [1.807, 2.05) is 30.3 Å². The Hall–Kier alpha value is -2.32. The third-order valence-corrected chi connectivity index (χ3v) is 4.11. The van der Waals surface area contributed by atoms with Crippen LogP contribution in [0.25, 0.3) is 6.08 Å². The Morgan fingerprint density at radius 3 is 2.33 bits per heavy atom. The summed E-state index contributed by atoms with van der Waals surface area (Å²) in [5.74, 6) is -2.84. The SMILES string of the molecule is O=C(C=Cc1ccccc1)OCOC(=O)NCCC(C(=O)[O-])c1ccc(Cl)cc1.[Na+]. The van der Waals surface area contributed by atoms with Crippen molar-refractivity contribution in [3.63, 3.8) is 0 Å². The van der Waals surface area contributed by atoms with Crippen LogP contribution in [0.15, 0.2) is 60.7 Å². The minimum absolute atomic E-state index is 0. The van der Waals surface area contributed by atoms with Crippen molar-refractivity contribution < 1.29 is 58.5 Å². The van der Waals surface area contributed by atoms with E-state index in [2.05, 4.69) is 5.32 Å². The number of aliphatic carboxylic acids is 1. The number of nitrogens with one attached hydrogen (secondary N) is 1. The largest absolute Gasteiger partial charge is 1.00 e. The predicted molar refractivity (Wildman–Crippen MR) is 105 cm³/mol. The first-order valence-electron chi connectivity index (χ1n) is 8.72. The van der Waals surface area contributed by atoms with Crippen LogP contribution in [0.4, 0.5) is 4.79 Å². The van der Waals surface area contributed by atoms with Crippen LogP contribution in [0.1, 0.15) is 23.5 Å². The first-order valence-corrected chi connectivity index (χ1v) is 9.10. The molecule has 1 unspecified atom stereocenters. The molecule has 152 valence electrons. The molecule has 0 radical (unpaired) electrons. The van der Waals surface area contributed by atoms with Crippen LogP contribution < -0.4 is 40.0 Å². The smallest absolute Gasteiger partial charge is 0.549 e. The Bertz CT molecular complexity index is 858. The molecular weight excluding hydrogens is 421 g/mol. The quantitative estimate of drug-likeness (QED) is 0.245. The third-order valence-electron chi connectivity index (χ3n) is 3.86. The second-order valence-electron chi connectivity index (χ2n) is 5.90. The molecule has 2 rings (SSSR count). The number of hydrogen-bond donors (Lipinski definition) is 1. The van der Waals surface area contributed by atoms with E-state index in [1.54, 1.807) is 30.3 Å². The van der Waals surface area contributed by atoms with Gasteiger partial charge < -0.3 is 24.7 Å². The van der Waals surface area contributed by atoms with Crippen molar-refractivity contribution in [2.45, 2.75) is 12.3 Å². The van der Waals surface area contributed by atoms with E-state index in [0.29, 0.717) is 10.6 Å². The Morgan fingerprint density at radius 1 is 1.03 bits per heavy atom. The summed E-state index contributed by atoms with van der Waals surface area (Å²) in [4.78, 5) is 34.5. The van der Waals surface area contributed by atoms with Gasteiger partial charge >= 0.3 is 41.6 Å². The molecule has 0 heterocycles. The fourth-order valence-corrected chi connectivity index (χ4v) is 2.53. The Labute approximate surface area is 201 Å². The molecule has 7 nitrogen and oxygen atoms in total. The number of benzene rings is 2. The number of alkyl carbamates (subject to hydrolysis) is 1. The van der Waals surface area contributed by atoms with E-state index in [-0.39, 0.29) is 42.5 Å². The van der Waals surface area contributed by atoms with E-state index >= 15 is 0 Å². The molecule has 0 aliphatic heterocycles. The number of carbonyl (C=O) groups excluding carboxylic acids is 3. The Kier molecular flexibility index (Phi) is 11.8. The number of amides is 1. The van der Waals surface area contributed by atoms with Gasteiger partial charge in [-0.2, -0.15) is 0 Å². The number of halogens is 1. The van der Waals surface area contributed by atoms with Crippen molar-refractivity contribution >= 4 is 35.7 Å². The zero-order valence-electron chi connectivity index (χ0n) is 16.4. The Morgan fingerprint density at radius 2 is 1.70 bits per heavy atom. The van der Waals surface area contributed by atoms with Crippen molar-refractivity contribution in [3.8, 4) is 0 Å². The molecule has 0 saturated carbocycles. The van der Waals surface area contributed by atoms with Crippen molar-refractivity contribution in [3.05, 3.63) is 76.8 Å². The third kappa shape index (κ3) is 9.45. The molecule has 2 aromatic rings. The molecule has 30 heavy (non-hydrogen) atoms. The van der Waals surface area contributed by atoms with Gasteiger partial charge in [-0.15, -0.1) is 0 Å². The number of rotatable bonds is 9. The van der Waals surface area contributed by atoms with Crippen LogP contribution >= 0.6 is 11.6 Å². The second-order valence-corrected chi connectivity index (χ2v) is 6.33. The first-order chi connectivity index (χ1) is 14.0. The Balaban J connectivity index is 0.00000450. The average molecular weight is 440 g/mol. The number of carboxylic acid groups (broad SMARTS) is 1. The summed E-state index contributed by atoms with van der Waals surface area (Å²) in [6, 6.07) is 15.5. The predicted octanol–water partition coefficient (Wildman–Crippen LogP) is -0.492. The van der Waals surface area contributed by atoms with Crippen LogP contribution in [0.2, 0.25) is 5.02 Å². The van der Waals surface area contributed by atoms with Crippen LogP contribution in [-0.4, -0.2) is 31.4 Å². The normalized spacial score (nSPS) is 11.2. The molecule has 0 spiro atoms. The fraction of sp³-hybridized carbons (Fsp3) is 0.190. The molecule has 1 amide bonds. The summed E-state index contributed by atoms with van der Waals surface area (Å²) in [5.41, 5.74) is 1.34. The van der Waals surface area contributed by atoms with Gasteiger partial charge in [-0.1, -0.05) is 54.1 Å². The number of ether oxygens (including phenoxy) is 2. The molecule has 2 aromatic carbocycles. The number of carboxylic acids is 1. The summed E-state index contributed by atoms with van der Waals surface area (Å²) < 4.78 is 9.48. The van der Waals surface area contributed by atoms with Gasteiger partial charge in [0, 0.05) is 29.5 Å². The van der Waals surface area contributed by atoms with Crippen molar-refractivity contribution in [2.24, 2.45) is 0 Å². The van der Waals surface area contributed by atoms with Crippen LogP contribution in [0.3, 0.4) is 0 Å². The number of hydrogen-bond acceptors (Lipinski definition) is 6. The summed E-state index contributed by atoms with van der Waals surface area (Å²) in [6.07, 6.45) is 2.04. The topological polar surface area (TPSA) is 105 Å². The van der Waals surface area contributed by atoms with Gasteiger partial charge in [-0.25, -0.2) is 9.59 Å². The van der Waals surface area contributed by atoms with Crippen LogP contribution in [0.5, 0.6) is 0 Å². The van der Waals surface area contributed by atoms with Gasteiger partial charge in [0.05, 0.1) is 0 Å². The molecule has 0 bridgehead atoms.